The Bertz CT molecular complexity index is 1120. The number of aryl methyl sites for hydroxylation is 2. The molecule has 0 radical (unpaired) electrons. The number of aromatic nitrogens is 2. The molecule has 1 aliphatic rings. The first-order chi connectivity index (χ1) is 15.4. The summed E-state index contributed by atoms with van der Waals surface area (Å²) < 4.78 is 2.28. The number of fused-ring (bicyclic) bond motifs is 1. The predicted octanol–water partition coefficient (Wildman–Crippen LogP) is 4.59. The number of nitrogens with one attached hydrogen (secondary N) is 2. The molecule has 6 nitrogen and oxygen atoms in total. The molecule has 166 valence electrons. The van der Waals surface area contributed by atoms with Crippen LogP contribution in [0.4, 0.5) is 5.69 Å². The molecule has 32 heavy (non-hydrogen) atoms. The summed E-state index contributed by atoms with van der Waals surface area (Å²) >= 11 is 0. The van der Waals surface area contributed by atoms with E-state index in [0.29, 0.717) is 11.3 Å². The molecule has 0 bridgehead atoms. The normalized spacial score (nSPS) is 14.0. The van der Waals surface area contributed by atoms with Gasteiger partial charge in [0.1, 0.15) is 11.9 Å². The van der Waals surface area contributed by atoms with Crippen LogP contribution in [-0.4, -0.2) is 27.4 Å². The van der Waals surface area contributed by atoms with Crippen molar-refractivity contribution in [2.24, 2.45) is 5.92 Å². The van der Waals surface area contributed by atoms with E-state index in [4.69, 9.17) is 0 Å². The van der Waals surface area contributed by atoms with E-state index in [1.54, 1.807) is 6.07 Å². The van der Waals surface area contributed by atoms with E-state index >= 15 is 0 Å². The number of hydrogen-bond donors (Lipinski definition) is 2. The van der Waals surface area contributed by atoms with Crippen molar-refractivity contribution in [3.05, 3.63) is 71.5 Å². The van der Waals surface area contributed by atoms with Crippen molar-refractivity contribution in [2.75, 3.05) is 5.32 Å². The number of hydrogen-bond acceptors (Lipinski definition) is 3. The molecule has 6 heteroatoms. The molecule has 0 aliphatic carbocycles. The third kappa shape index (κ3) is 4.59. The molecular formula is C26H30N4O2. The van der Waals surface area contributed by atoms with E-state index in [1.807, 2.05) is 69.4 Å². The van der Waals surface area contributed by atoms with Crippen molar-refractivity contribution >= 4 is 17.5 Å². The van der Waals surface area contributed by atoms with E-state index in [9.17, 15) is 9.59 Å². The monoisotopic (exact) mass is 430 g/mol. The minimum absolute atomic E-state index is 0.0568. The third-order valence-electron chi connectivity index (χ3n) is 6.04. The molecule has 2 amide bonds. The summed E-state index contributed by atoms with van der Waals surface area (Å²) in [6.07, 6.45) is 5.43. The van der Waals surface area contributed by atoms with Gasteiger partial charge in [0.05, 0.1) is 0 Å². The van der Waals surface area contributed by atoms with Gasteiger partial charge >= 0.3 is 0 Å². The molecule has 2 N–H and O–H groups in total. The van der Waals surface area contributed by atoms with E-state index < -0.39 is 6.04 Å². The van der Waals surface area contributed by atoms with Crippen LogP contribution in [0.1, 0.15) is 48.3 Å². The Morgan fingerprint density at radius 3 is 2.50 bits per heavy atom. The van der Waals surface area contributed by atoms with Crippen LogP contribution in [0, 0.1) is 12.8 Å². The van der Waals surface area contributed by atoms with Gasteiger partial charge in [0.15, 0.2) is 0 Å². The van der Waals surface area contributed by atoms with E-state index in [0.717, 1.165) is 29.9 Å². The van der Waals surface area contributed by atoms with Crippen molar-refractivity contribution in [3.63, 3.8) is 0 Å². The molecule has 1 aromatic heterocycles. The Labute approximate surface area is 189 Å². The molecular weight excluding hydrogens is 400 g/mol. The number of anilines is 1. The second kappa shape index (κ2) is 9.39. The maximum absolute atomic E-state index is 13.0. The number of imidazole rings is 1. The van der Waals surface area contributed by atoms with E-state index in [1.165, 1.54) is 18.5 Å². The maximum atomic E-state index is 13.0. The molecule has 1 atom stereocenters. The molecule has 4 rings (SSSR count). The van der Waals surface area contributed by atoms with Crippen molar-refractivity contribution in [2.45, 2.75) is 52.6 Å². The fraction of sp³-hybridized carbons (Fsp3) is 0.346. The molecule has 1 aliphatic heterocycles. The van der Waals surface area contributed by atoms with Crippen LogP contribution in [0.25, 0.3) is 11.4 Å². The van der Waals surface area contributed by atoms with Gasteiger partial charge in [-0.2, -0.15) is 0 Å². The van der Waals surface area contributed by atoms with E-state index in [-0.39, 0.29) is 17.7 Å². The lowest BCUT2D eigenvalue weighted by molar-refractivity contribution is -0.118. The predicted molar refractivity (Wildman–Crippen MR) is 127 cm³/mol. The molecule has 2 aromatic carbocycles. The summed E-state index contributed by atoms with van der Waals surface area (Å²) in [6, 6.07) is 14.5. The highest BCUT2D eigenvalue weighted by atomic mass is 16.2. The van der Waals surface area contributed by atoms with Gasteiger partial charge in [0.25, 0.3) is 5.91 Å². The molecule has 2 heterocycles. The lowest BCUT2D eigenvalue weighted by Gasteiger charge is -2.22. The second-order valence-corrected chi connectivity index (χ2v) is 8.76. The number of carbonyl (C=O) groups is 2. The van der Waals surface area contributed by atoms with Crippen LogP contribution < -0.4 is 10.6 Å². The van der Waals surface area contributed by atoms with Crippen LogP contribution in [0.5, 0.6) is 0 Å². The third-order valence-corrected chi connectivity index (χ3v) is 6.04. The summed E-state index contributed by atoms with van der Waals surface area (Å²) in [5.41, 5.74) is 4.47. The van der Waals surface area contributed by atoms with Crippen molar-refractivity contribution < 1.29 is 9.59 Å². The Morgan fingerprint density at radius 2 is 1.78 bits per heavy atom. The molecule has 0 saturated carbocycles. The number of amides is 2. The van der Waals surface area contributed by atoms with Gasteiger partial charge in [-0.15, -0.1) is 0 Å². The Kier molecular flexibility index (Phi) is 6.40. The highest BCUT2D eigenvalue weighted by Gasteiger charge is 2.25. The molecule has 3 aromatic rings. The van der Waals surface area contributed by atoms with Gasteiger partial charge in [0, 0.05) is 35.2 Å². The summed E-state index contributed by atoms with van der Waals surface area (Å²) in [4.78, 5) is 30.3. The number of benzene rings is 2. The van der Waals surface area contributed by atoms with Gasteiger partial charge in [0.2, 0.25) is 5.91 Å². The average Bonchev–Trinajstić information content (AvgIpc) is 3.22. The SMILES string of the molecule is Cc1ccccc1C(=O)NC(C(=O)Nc1ccc(-c2ncc3n2CCCC3)cc1)C(C)C. The largest absolute Gasteiger partial charge is 0.340 e. The summed E-state index contributed by atoms with van der Waals surface area (Å²) in [6.45, 7) is 6.73. The van der Waals surface area contributed by atoms with Crippen molar-refractivity contribution in [1.82, 2.24) is 14.9 Å². The molecule has 0 spiro atoms. The number of rotatable bonds is 6. The second-order valence-electron chi connectivity index (χ2n) is 8.76. The van der Waals surface area contributed by atoms with Crippen LogP contribution in [0.15, 0.2) is 54.7 Å². The van der Waals surface area contributed by atoms with Gasteiger partial charge in [-0.3, -0.25) is 9.59 Å². The number of nitrogens with zero attached hydrogens (tertiary/aromatic N) is 2. The highest BCUT2D eigenvalue weighted by molar-refractivity contribution is 6.02. The molecule has 0 saturated heterocycles. The minimum atomic E-state index is -0.638. The zero-order chi connectivity index (χ0) is 22.7. The first-order valence-corrected chi connectivity index (χ1v) is 11.3. The Morgan fingerprint density at radius 1 is 1.03 bits per heavy atom. The van der Waals surface area contributed by atoms with Crippen LogP contribution in [-0.2, 0) is 17.8 Å². The first-order valence-electron chi connectivity index (χ1n) is 11.3. The summed E-state index contributed by atoms with van der Waals surface area (Å²) in [5.74, 6) is 0.450. The minimum Gasteiger partial charge on any atom is -0.340 e. The zero-order valence-corrected chi connectivity index (χ0v) is 18.9. The fourth-order valence-corrected chi connectivity index (χ4v) is 4.17. The Balaban J connectivity index is 1.45. The smallest absolute Gasteiger partial charge is 0.252 e. The molecule has 1 unspecified atom stereocenters. The van der Waals surface area contributed by atoms with Gasteiger partial charge in [-0.25, -0.2) is 4.98 Å². The number of carbonyl (C=O) groups excluding carboxylic acids is 2. The van der Waals surface area contributed by atoms with Crippen LogP contribution >= 0.6 is 0 Å². The van der Waals surface area contributed by atoms with Gasteiger partial charge in [-0.05, 0) is 68.0 Å². The molecule has 0 fully saturated rings. The Hall–Kier alpha value is -3.41. The van der Waals surface area contributed by atoms with Crippen molar-refractivity contribution in [3.8, 4) is 11.4 Å². The zero-order valence-electron chi connectivity index (χ0n) is 18.9. The standard InChI is InChI=1S/C26H30N4O2/c1-17(2)23(29-25(31)22-10-5-4-8-18(22)3)26(32)28-20-13-11-19(12-14-20)24-27-16-21-9-6-7-15-30(21)24/h4-5,8,10-14,16-17,23H,6-7,9,15H2,1-3H3,(H,28,32)(H,29,31). The van der Waals surface area contributed by atoms with Crippen molar-refractivity contribution in [1.29, 1.82) is 0 Å². The first kappa shape index (κ1) is 21.8. The topological polar surface area (TPSA) is 76.0 Å². The lowest BCUT2D eigenvalue weighted by Crippen LogP contribution is -2.47. The summed E-state index contributed by atoms with van der Waals surface area (Å²) in [5, 5.41) is 5.85. The highest BCUT2D eigenvalue weighted by Crippen LogP contribution is 2.25. The fourth-order valence-electron chi connectivity index (χ4n) is 4.17. The average molecular weight is 431 g/mol. The summed E-state index contributed by atoms with van der Waals surface area (Å²) in [7, 11) is 0. The van der Waals surface area contributed by atoms with Crippen LogP contribution in [0.2, 0.25) is 0 Å². The quantitative estimate of drug-likeness (QED) is 0.601. The van der Waals surface area contributed by atoms with Gasteiger partial charge < -0.3 is 15.2 Å². The lowest BCUT2D eigenvalue weighted by atomic mass is 10.0. The van der Waals surface area contributed by atoms with Gasteiger partial charge in [-0.1, -0.05) is 32.0 Å². The van der Waals surface area contributed by atoms with Crippen LogP contribution in [0.3, 0.4) is 0 Å². The van der Waals surface area contributed by atoms with E-state index in [2.05, 4.69) is 20.2 Å². The maximum Gasteiger partial charge on any atom is 0.252 e.